The number of carbonyl (C=O) groups excluding carboxylic acids is 2. The van der Waals surface area contributed by atoms with Gasteiger partial charge in [0.05, 0.1) is 0 Å². The lowest BCUT2D eigenvalue weighted by atomic mass is 10.1. The fraction of sp³-hybridized carbons (Fsp3) is 0.417. The molecule has 0 aliphatic heterocycles. The lowest BCUT2D eigenvalue weighted by Crippen LogP contribution is -2.51. The molecule has 2 aromatic carbocycles. The number of rotatable bonds is 9. The van der Waals surface area contributed by atoms with Crippen molar-refractivity contribution >= 4 is 35.0 Å². The zero-order valence-corrected chi connectivity index (χ0v) is 20.2. The first-order chi connectivity index (χ1) is 14.6. The number of halogens is 2. The molecule has 7 heteroatoms. The third-order valence-corrected chi connectivity index (χ3v) is 5.60. The van der Waals surface area contributed by atoms with Crippen LogP contribution < -0.4 is 10.1 Å². The van der Waals surface area contributed by atoms with E-state index in [4.69, 9.17) is 27.9 Å². The van der Waals surface area contributed by atoms with E-state index in [1.165, 1.54) is 4.90 Å². The quantitative estimate of drug-likeness (QED) is 0.545. The van der Waals surface area contributed by atoms with Crippen molar-refractivity contribution in [1.29, 1.82) is 0 Å². The second kappa shape index (κ2) is 11.4. The van der Waals surface area contributed by atoms with Crippen molar-refractivity contribution in [2.45, 2.75) is 59.7 Å². The highest BCUT2D eigenvalue weighted by molar-refractivity contribution is 6.36. The van der Waals surface area contributed by atoms with Gasteiger partial charge in [0.15, 0.2) is 6.61 Å². The molecule has 0 fully saturated rings. The Morgan fingerprint density at radius 1 is 1.10 bits per heavy atom. The third kappa shape index (κ3) is 6.88. The highest BCUT2D eigenvalue weighted by Gasteiger charge is 2.30. The van der Waals surface area contributed by atoms with Crippen molar-refractivity contribution in [3.63, 3.8) is 0 Å². The first-order valence-corrected chi connectivity index (χ1v) is 11.1. The van der Waals surface area contributed by atoms with Crippen LogP contribution in [0.25, 0.3) is 0 Å². The Kier molecular flexibility index (Phi) is 9.20. The van der Waals surface area contributed by atoms with Crippen molar-refractivity contribution in [3.05, 3.63) is 63.1 Å². The van der Waals surface area contributed by atoms with Crippen LogP contribution in [0.2, 0.25) is 10.0 Å². The molecule has 0 unspecified atom stereocenters. The van der Waals surface area contributed by atoms with Crippen molar-refractivity contribution in [2.75, 3.05) is 6.61 Å². The molecule has 0 aromatic heterocycles. The summed E-state index contributed by atoms with van der Waals surface area (Å²) in [7, 11) is 0. The van der Waals surface area contributed by atoms with Gasteiger partial charge in [0.25, 0.3) is 5.91 Å². The van der Waals surface area contributed by atoms with E-state index in [0.29, 0.717) is 27.8 Å². The molecule has 2 amide bonds. The summed E-state index contributed by atoms with van der Waals surface area (Å²) in [5.41, 5.74) is 2.65. The number of nitrogens with one attached hydrogen (secondary N) is 1. The zero-order chi connectivity index (χ0) is 23.1. The van der Waals surface area contributed by atoms with Crippen LogP contribution in [0, 0.1) is 13.8 Å². The van der Waals surface area contributed by atoms with Gasteiger partial charge < -0.3 is 15.0 Å². The Balaban J connectivity index is 2.30. The second-order valence-electron chi connectivity index (χ2n) is 7.87. The Morgan fingerprint density at radius 2 is 1.74 bits per heavy atom. The number of hydrogen-bond donors (Lipinski definition) is 1. The van der Waals surface area contributed by atoms with Crippen LogP contribution in [0.4, 0.5) is 0 Å². The molecule has 5 nitrogen and oxygen atoms in total. The fourth-order valence-electron chi connectivity index (χ4n) is 3.34. The highest BCUT2D eigenvalue weighted by Crippen LogP contribution is 2.27. The first-order valence-electron chi connectivity index (χ1n) is 10.4. The summed E-state index contributed by atoms with van der Waals surface area (Å²) in [6.45, 7) is 9.46. The maximum atomic E-state index is 13.2. The summed E-state index contributed by atoms with van der Waals surface area (Å²) in [6.07, 6.45) is 0.440. The topological polar surface area (TPSA) is 58.6 Å². The second-order valence-corrected chi connectivity index (χ2v) is 8.68. The maximum Gasteiger partial charge on any atom is 0.261 e. The molecular weight excluding hydrogens is 435 g/mol. The van der Waals surface area contributed by atoms with E-state index in [1.807, 2.05) is 52.8 Å². The minimum atomic E-state index is -0.676. The molecule has 0 saturated heterocycles. The van der Waals surface area contributed by atoms with Crippen molar-refractivity contribution in [3.8, 4) is 5.75 Å². The minimum absolute atomic E-state index is 0.0474. The highest BCUT2D eigenvalue weighted by atomic mass is 35.5. The van der Waals surface area contributed by atoms with Crippen LogP contribution in [0.3, 0.4) is 0 Å². The normalized spacial score (nSPS) is 11.9. The summed E-state index contributed by atoms with van der Waals surface area (Å²) >= 11 is 12.7. The average molecular weight is 465 g/mol. The monoisotopic (exact) mass is 464 g/mol. The van der Waals surface area contributed by atoms with Crippen LogP contribution in [0.1, 0.15) is 43.9 Å². The predicted octanol–water partition coefficient (Wildman–Crippen LogP) is 5.32. The number of amides is 2. The molecule has 0 spiro atoms. The minimum Gasteiger partial charge on any atom is -0.483 e. The summed E-state index contributed by atoms with van der Waals surface area (Å²) in [5.74, 6) is 0.0941. The Hall–Kier alpha value is -2.24. The lowest BCUT2D eigenvalue weighted by molar-refractivity contribution is -0.143. The molecule has 168 valence electrons. The summed E-state index contributed by atoms with van der Waals surface area (Å²) in [5, 5.41) is 3.78. The number of hydrogen-bond acceptors (Lipinski definition) is 3. The van der Waals surface area contributed by atoms with E-state index in [-0.39, 0.29) is 31.0 Å². The number of nitrogens with zero attached hydrogens (tertiary/aromatic N) is 1. The maximum absolute atomic E-state index is 13.2. The van der Waals surface area contributed by atoms with E-state index < -0.39 is 6.04 Å². The zero-order valence-electron chi connectivity index (χ0n) is 18.7. The molecule has 1 N–H and O–H groups in total. The molecule has 31 heavy (non-hydrogen) atoms. The van der Waals surface area contributed by atoms with Gasteiger partial charge >= 0.3 is 0 Å². The molecule has 0 bridgehead atoms. The van der Waals surface area contributed by atoms with E-state index in [9.17, 15) is 9.59 Å². The summed E-state index contributed by atoms with van der Waals surface area (Å²) in [6, 6.07) is 10.2. The van der Waals surface area contributed by atoms with Crippen LogP contribution >= 0.6 is 23.2 Å². The van der Waals surface area contributed by atoms with Gasteiger partial charge in [0.1, 0.15) is 11.8 Å². The predicted molar refractivity (Wildman–Crippen MR) is 126 cm³/mol. The van der Waals surface area contributed by atoms with Crippen LogP contribution in [-0.4, -0.2) is 35.4 Å². The van der Waals surface area contributed by atoms with Crippen LogP contribution in [0.5, 0.6) is 5.75 Å². The molecule has 0 saturated carbocycles. The van der Waals surface area contributed by atoms with Gasteiger partial charge in [-0.15, -0.1) is 0 Å². The van der Waals surface area contributed by atoms with Gasteiger partial charge in [0, 0.05) is 28.2 Å². The lowest BCUT2D eigenvalue weighted by Gasteiger charge is -2.31. The van der Waals surface area contributed by atoms with Gasteiger partial charge in [-0.05, 0) is 57.9 Å². The number of ether oxygens (including phenoxy) is 1. The van der Waals surface area contributed by atoms with Gasteiger partial charge in [-0.3, -0.25) is 9.59 Å². The molecular formula is C24H30Cl2N2O3. The molecule has 2 aromatic rings. The number of aryl methyl sites for hydroxylation is 2. The molecule has 2 rings (SSSR count). The summed E-state index contributed by atoms with van der Waals surface area (Å²) < 4.78 is 5.80. The smallest absolute Gasteiger partial charge is 0.261 e. The van der Waals surface area contributed by atoms with E-state index >= 15 is 0 Å². The van der Waals surface area contributed by atoms with Gasteiger partial charge in [-0.2, -0.15) is 0 Å². The van der Waals surface area contributed by atoms with Gasteiger partial charge in [0.2, 0.25) is 5.91 Å². The van der Waals surface area contributed by atoms with Crippen molar-refractivity contribution < 1.29 is 14.3 Å². The van der Waals surface area contributed by atoms with Gasteiger partial charge in [-0.25, -0.2) is 0 Å². The largest absolute Gasteiger partial charge is 0.483 e. The fourth-order valence-corrected chi connectivity index (χ4v) is 3.85. The summed E-state index contributed by atoms with van der Waals surface area (Å²) in [4.78, 5) is 27.6. The molecule has 1 atom stereocenters. The molecule has 0 aliphatic carbocycles. The Morgan fingerprint density at radius 3 is 2.29 bits per heavy atom. The van der Waals surface area contributed by atoms with Crippen LogP contribution in [-0.2, 0) is 16.1 Å². The number of carbonyl (C=O) groups is 2. The molecule has 0 heterocycles. The first kappa shape index (κ1) is 25.0. The number of benzene rings is 2. The van der Waals surface area contributed by atoms with E-state index in [2.05, 4.69) is 5.32 Å². The van der Waals surface area contributed by atoms with E-state index in [1.54, 1.807) is 18.2 Å². The standard InChI is InChI=1S/C24H30Cl2N2O3/c1-6-21(24(30)27-15(2)3)28(13-18-19(25)8-7-9-20(18)26)23(29)14-31-22-11-10-16(4)12-17(22)5/h7-12,15,21H,6,13-14H2,1-5H3,(H,27,30)/t21-/m1/s1. The molecule has 0 radical (unpaired) electrons. The van der Waals surface area contributed by atoms with Crippen molar-refractivity contribution in [1.82, 2.24) is 10.2 Å². The van der Waals surface area contributed by atoms with Crippen molar-refractivity contribution in [2.24, 2.45) is 0 Å². The SMILES string of the molecule is CC[C@H](C(=O)NC(C)C)N(Cc1c(Cl)cccc1Cl)C(=O)COc1ccc(C)cc1C. The third-order valence-electron chi connectivity index (χ3n) is 4.89. The molecule has 0 aliphatic rings. The average Bonchev–Trinajstić information content (AvgIpc) is 2.68. The van der Waals surface area contributed by atoms with Gasteiger partial charge in [-0.1, -0.05) is 53.9 Å². The van der Waals surface area contributed by atoms with E-state index in [0.717, 1.165) is 11.1 Å². The Bertz CT molecular complexity index is 911. The Labute approximate surface area is 194 Å². The van der Waals surface area contributed by atoms with Crippen LogP contribution in [0.15, 0.2) is 36.4 Å².